The van der Waals surface area contributed by atoms with Gasteiger partial charge in [-0.15, -0.1) is 0 Å². The van der Waals surface area contributed by atoms with Crippen molar-refractivity contribution in [3.63, 3.8) is 0 Å². The first-order valence-corrected chi connectivity index (χ1v) is 10.4. The number of rotatable bonds is 6. The standard InChI is InChI=1S/C23H27N3O4/c27-22(26-14-12-25(13-15-26)16-18-6-2-1-3-7-18)10-11-24-23(28)21-17-29-19-8-4-5-9-20(19)30-21/h1-9,21H,10-17H2,(H,24,28)/t21-/m1/s1. The van der Waals surface area contributed by atoms with Crippen LogP contribution in [0, 0.1) is 0 Å². The van der Waals surface area contributed by atoms with E-state index in [1.54, 1.807) is 6.07 Å². The van der Waals surface area contributed by atoms with E-state index >= 15 is 0 Å². The Bertz CT molecular complexity index is 866. The summed E-state index contributed by atoms with van der Waals surface area (Å²) < 4.78 is 11.3. The summed E-state index contributed by atoms with van der Waals surface area (Å²) >= 11 is 0. The van der Waals surface area contributed by atoms with E-state index in [0.717, 1.165) is 32.7 Å². The van der Waals surface area contributed by atoms with Crippen LogP contribution in [0.15, 0.2) is 54.6 Å². The van der Waals surface area contributed by atoms with Gasteiger partial charge in [0.1, 0.15) is 6.61 Å². The molecule has 2 aromatic rings. The Morgan fingerprint density at radius 1 is 0.933 bits per heavy atom. The molecule has 1 N–H and O–H groups in total. The van der Waals surface area contributed by atoms with Gasteiger partial charge in [0, 0.05) is 45.7 Å². The van der Waals surface area contributed by atoms with Crippen LogP contribution in [0.2, 0.25) is 0 Å². The Kier molecular flexibility index (Phi) is 6.49. The van der Waals surface area contributed by atoms with E-state index in [2.05, 4.69) is 22.3 Å². The zero-order chi connectivity index (χ0) is 20.8. The average molecular weight is 409 g/mol. The third kappa shape index (κ3) is 5.10. The van der Waals surface area contributed by atoms with Gasteiger partial charge in [-0.3, -0.25) is 14.5 Å². The van der Waals surface area contributed by atoms with E-state index in [0.29, 0.717) is 18.0 Å². The Morgan fingerprint density at radius 3 is 2.40 bits per heavy atom. The lowest BCUT2D eigenvalue weighted by Gasteiger charge is -2.35. The minimum absolute atomic E-state index is 0.0702. The number of nitrogens with one attached hydrogen (secondary N) is 1. The number of carbonyl (C=O) groups excluding carboxylic acids is 2. The zero-order valence-corrected chi connectivity index (χ0v) is 17.0. The van der Waals surface area contributed by atoms with Crippen LogP contribution in [0.25, 0.3) is 0 Å². The monoisotopic (exact) mass is 409 g/mol. The van der Waals surface area contributed by atoms with E-state index < -0.39 is 6.10 Å². The molecule has 0 aliphatic carbocycles. The first-order chi connectivity index (χ1) is 14.7. The van der Waals surface area contributed by atoms with E-state index in [9.17, 15) is 9.59 Å². The van der Waals surface area contributed by atoms with E-state index in [1.807, 2.05) is 41.3 Å². The molecule has 1 fully saturated rings. The lowest BCUT2D eigenvalue weighted by molar-refractivity contribution is -0.133. The van der Waals surface area contributed by atoms with Crippen molar-refractivity contribution in [3.8, 4) is 11.5 Å². The van der Waals surface area contributed by atoms with Crippen LogP contribution in [-0.4, -0.2) is 67.0 Å². The summed E-state index contributed by atoms with van der Waals surface area (Å²) in [7, 11) is 0. The minimum atomic E-state index is -0.698. The van der Waals surface area contributed by atoms with Crippen LogP contribution in [0.3, 0.4) is 0 Å². The highest BCUT2D eigenvalue weighted by atomic mass is 16.6. The number of piperazine rings is 1. The maximum atomic E-state index is 12.5. The molecule has 0 aromatic heterocycles. The number of ether oxygens (including phenoxy) is 2. The molecule has 1 saturated heterocycles. The number of hydrogen-bond donors (Lipinski definition) is 1. The Hall–Kier alpha value is -3.06. The van der Waals surface area contributed by atoms with Gasteiger partial charge in [0.05, 0.1) is 0 Å². The predicted octanol–water partition coefficient (Wildman–Crippen LogP) is 1.68. The first kappa shape index (κ1) is 20.2. The van der Waals surface area contributed by atoms with Crippen molar-refractivity contribution < 1.29 is 19.1 Å². The second-order valence-electron chi connectivity index (χ2n) is 7.55. The molecule has 0 spiro atoms. The van der Waals surface area contributed by atoms with Gasteiger partial charge in [0.15, 0.2) is 11.5 Å². The van der Waals surface area contributed by atoms with E-state index in [4.69, 9.17) is 9.47 Å². The topological polar surface area (TPSA) is 71.1 Å². The summed E-state index contributed by atoms with van der Waals surface area (Å²) in [5.74, 6) is 1.02. The van der Waals surface area contributed by atoms with Gasteiger partial charge in [-0.25, -0.2) is 0 Å². The molecule has 2 aromatic carbocycles. The maximum absolute atomic E-state index is 12.5. The number of benzene rings is 2. The summed E-state index contributed by atoms with van der Waals surface area (Å²) in [6.45, 7) is 4.53. The van der Waals surface area contributed by atoms with Crippen molar-refractivity contribution in [3.05, 3.63) is 60.2 Å². The summed E-state index contributed by atoms with van der Waals surface area (Å²) in [5, 5.41) is 2.79. The normalized spacial score (nSPS) is 18.7. The van der Waals surface area contributed by atoms with Gasteiger partial charge in [-0.05, 0) is 17.7 Å². The molecular formula is C23H27N3O4. The molecule has 2 heterocycles. The Morgan fingerprint density at radius 2 is 1.63 bits per heavy atom. The van der Waals surface area contributed by atoms with Gasteiger partial charge in [0.25, 0.3) is 5.91 Å². The van der Waals surface area contributed by atoms with Gasteiger partial charge in [-0.1, -0.05) is 42.5 Å². The lowest BCUT2D eigenvalue weighted by atomic mass is 10.2. The molecule has 158 valence electrons. The fourth-order valence-corrected chi connectivity index (χ4v) is 3.71. The highest BCUT2D eigenvalue weighted by Gasteiger charge is 2.27. The SMILES string of the molecule is O=C(NCCC(=O)N1CCN(Cc2ccccc2)CC1)[C@H]1COc2ccccc2O1. The van der Waals surface area contributed by atoms with Crippen molar-refractivity contribution in [1.29, 1.82) is 0 Å². The molecule has 0 radical (unpaired) electrons. The van der Waals surface area contributed by atoms with Crippen molar-refractivity contribution in [2.75, 3.05) is 39.3 Å². The molecule has 2 amide bonds. The quantitative estimate of drug-likeness (QED) is 0.786. The van der Waals surface area contributed by atoms with Crippen LogP contribution in [0.4, 0.5) is 0 Å². The second kappa shape index (κ2) is 9.63. The van der Waals surface area contributed by atoms with Crippen LogP contribution < -0.4 is 14.8 Å². The highest BCUT2D eigenvalue weighted by Crippen LogP contribution is 2.30. The van der Waals surface area contributed by atoms with Crippen LogP contribution in [-0.2, 0) is 16.1 Å². The predicted molar refractivity (Wildman–Crippen MR) is 112 cm³/mol. The first-order valence-electron chi connectivity index (χ1n) is 10.4. The number of hydrogen-bond acceptors (Lipinski definition) is 5. The molecule has 4 rings (SSSR count). The van der Waals surface area contributed by atoms with Crippen LogP contribution in [0.5, 0.6) is 11.5 Å². The minimum Gasteiger partial charge on any atom is -0.485 e. The number of fused-ring (bicyclic) bond motifs is 1. The summed E-state index contributed by atoms with van der Waals surface area (Å²) in [5.41, 5.74) is 1.29. The molecule has 0 bridgehead atoms. The average Bonchev–Trinajstić information content (AvgIpc) is 2.79. The molecule has 0 saturated carbocycles. The van der Waals surface area contributed by atoms with E-state index in [1.165, 1.54) is 5.56 Å². The largest absolute Gasteiger partial charge is 0.485 e. The Labute approximate surface area is 176 Å². The number of amides is 2. The van der Waals surface area contributed by atoms with E-state index in [-0.39, 0.29) is 24.8 Å². The van der Waals surface area contributed by atoms with Crippen molar-refractivity contribution >= 4 is 11.8 Å². The van der Waals surface area contributed by atoms with Crippen LogP contribution >= 0.6 is 0 Å². The van der Waals surface area contributed by atoms with Crippen molar-refractivity contribution in [1.82, 2.24) is 15.1 Å². The second-order valence-corrected chi connectivity index (χ2v) is 7.55. The number of para-hydroxylation sites is 2. The number of nitrogens with zero attached hydrogens (tertiary/aromatic N) is 2. The van der Waals surface area contributed by atoms with Crippen molar-refractivity contribution in [2.24, 2.45) is 0 Å². The maximum Gasteiger partial charge on any atom is 0.264 e. The zero-order valence-electron chi connectivity index (χ0n) is 17.0. The molecule has 30 heavy (non-hydrogen) atoms. The van der Waals surface area contributed by atoms with Crippen LogP contribution in [0.1, 0.15) is 12.0 Å². The fourth-order valence-electron chi connectivity index (χ4n) is 3.71. The number of carbonyl (C=O) groups is 2. The van der Waals surface area contributed by atoms with Gasteiger partial charge in [-0.2, -0.15) is 0 Å². The van der Waals surface area contributed by atoms with Gasteiger partial charge in [0.2, 0.25) is 12.0 Å². The van der Waals surface area contributed by atoms with Gasteiger partial charge >= 0.3 is 0 Å². The van der Waals surface area contributed by atoms with Gasteiger partial charge < -0.3 is 19.7 Å². The smallest absolute Gasteiger partial charge is 0.264 e. The summed E-state index contributed by atoms with van der Waals surface area (Å²) in [6, 6.07) is 17.6. The van der Waals surface area contributed by atoms with Crippen molar-refractivity contribution in [2.45, 2.75) is 19.1 Å². The molecule has 2 aliphatic heterocycles. The summed E-state index contributed by atoms with van der Waals surface area (Å²) in [4.78, 5) is 29.1. The highest BCUT2D eigenvalue weighted by molar-refractivity contribution is 5.83. The molecule has 0 unspecified atom stereocenters. The molecule has 7 heteroatoms. The lowest BCUT2D eigenvalue weighted by Crippen LogP contribution is -2.49. The fraction of sp³-hybridized carbons (Fsp3) is 0.391. The Balaban J connectivity index is 1.15. The molecular weight excluding hydrogens is 382 g/mol. The molecule has 1 atom stereocenters. The molecule has 2 aliphatic rings. The third-order valence-electron chi connectivity index (χ3n) is 5.41. The summed E-state index contributed by atoms with van der Waals surface area (Å²) in [6.07, 6.45) is -0.411. The molecule has 7 nitrogen and oxygen atoms in total. The third-order valence-corrected chi connectivity index (χ3v) is 5.41.